The number of carbonyl (C=O) groups is 4. The van der Waals surface area contributed by atoms with Gasteiger partial charge in [0.1, 0.15) is 5.75 Å². The number of esters is 1. The minimum atomic E-state index is -0.628. The Kier molecular flexibility index (Phi) is 10.1. The zero-order chi connectivity index (χ0) is 23.3. The number of hydrogen-bond acceptors (Lipinski definition) is 6. The van der Waals surface area contributed by atoms with Crippen LogP contribution >= 0.6 is 0 Å². The van der Waals surface area contributed by atoms with Crippen LogP contribution < -0.4 is 10.1 Å². The minimum absolute atomic E-state index is 0.0103. The lowest BCUT2D eigenvalue weighted by molar-refractivity contribution is -0.147. The number of amides is 1. The smallest absolute Gasteiger partial charge is 0.306 e. The van der Waals surface area contributed by atoms with Crippen molar-refractivity contribution in [3.8, 4) is 5.75 Å². The molecule has 2 aromatic carbocycles. The monoisotopic (exact) mass is 439 g/mol. The molecule has 0 spiro atoms. The molecule has 1 N–H and O–H groups in total. The maximum Gasteiger partial charge on any atom is 0.306 e. The topological polar surface area (TPSA) is 98.8 Å². The van der Waals surface area contributed by atoms with Crippen LogP contribution in [-0.4, -0.2) is 36.7 Å². The summed E-state index contributed by atoms with van der Waals surface area (Å²) in [6.07, 6.45) is 3.10. The van der Waals surface area contributed by atoms with Crippen LogP contribution in [0.1, 0.15) is 66.7 Å². The van der Waals surface area contributed by atoms with E-state index in [1.165, 1.54) is 6.92 Å². The lowest BCUT2D eigenvalue weighted by atomic mass is 10.1. The quantitative estimate of drug-likeness (QED) is 0.278. The number of ether oxygens (including phenoxy) is 2. The van der Waals surface area contributed by atoms with Gasteiger partial charge in [-0.1, -0.05) is 19.8 Å². The van der Waals surface area contributed by atoms with E-state index in [2.05, 4.69) is 12.2 Å². The average molecular weight is 440 g/mol. The number of rotatable bonds is 13. The highest BCUT2D eigenvalue weighted by Crippen LogP contribution is 2.15. The first-order valence-electron chi connectivity index (χ1n) is 10.7. The molecule has 2 rings (SSSR count). The molecule has 0 saturated heterocycles. The minimum Gasteiger partial charge on any atom is -0.494 e. The van der Waals surface area contributed by atoms with Gasteiger partial charge in [-0.15, -0.1) is 0 Å². The molecule has 0 aliphatic carbocycles. The Labute approximate surface area is 188 Å². The number of hydrogen-bond donors (Lipinski definition) is 1. The van der Waals surface area contributed by atoms with Gasteiger partial charge in [-0.2, -0.15) is 0 Å². The van der Waals surface area contributed by atoms with Crippen LogP contribution in [-0.2, 0) is 14.3 Å². The molecule has 0 unspecified atom stereocenters. The van der Waals surface area contributed by atoms with Crippen molar-refractivity contribution < 1.29 is 28.7 Å². The van der Waals surface area contributed by atoms with Gasteiger partial charge in [-0.05, 0) is 61.9 Å². The van der Waals surface area contributed by atoms with E-state index in [-0.39, 0.29) is 24.4 Å². The Morgan fingerprint density at radius 2 is 1.50 bits per heavy atom. The van der Waals surface area contributed by atoms with Gasteiger partial charge < -0.3 is 14.8 Å². The summed E-state index contributed by atoms with van der Waals surface area (Å²) >= 11 is 0. The van der Waals surface area contributed by atoms with E-state index in [4.69, 9.17) is 9.47 Å². The van der Waals surface area contributed by atoms with Crippen LogP contribution in [0.2, 0.25) is 0 Å². The number of benzene rings is 2. The molecule has 0 aromatic heterocycles. The number of ketones is 2. The largest absolute Gasteiger partial charge is 0.494 e. The highest BCUT2D eigenvalue weighted by atomic mass is 16.5. The summed E-state index contributed by atoms with van der Waals surface area (Å²) in [7, 11) is 0. The average Bonchev–Trinajstić information content (AvgIpc) is 2.79. The van der Waals surface area contributed by atoms with Crippen molar-refractivity contribution >= 4 is 29.1 Å². The Bertz CT molecular complexity index is 918. The van der Waals surface area contributed by atoms with Crippen molar-refractivity contribution in [1.82, 2.24) is 0 Å². The van der Waals surface area contributed by atoms with E-state index in [1.54, 1.807) is 48.5 Å². The first kappa shape index (κ1) is 24.8. The van der Waals surface area contributed by atoms with Crippen LogP contribution in [0.15, 0.2) is 48.5 Å². The molecule has 7 nitrogen and oxygen atoms in total. The van der Waals surface area contributed by atoms with Crippen LogP contribution in [0.25, 0.3) is 0 Å². The molecule has 7 heteroatoms. The fraction of sp³-hybridized carbons (Fsp3) is 0.360. The summed E-state index contributed by atoms with van der Waals surface area (Å²) in [5, 5.41) is 2.57. The van der Waals surface area contributed by atoms with Crippen molar-refractivity contribution in [3.05, 3.63) is 59.7 Å². The van der Waals surface area contributed by atoms with Gasteiger partial charge >= 0.3 is 5.97 Å². The number of nitrogens with one attached hydrogen (secondary N) is 1. The van der Waals surface area contributed by atoms with Gasteiger partial charge in [0.25, 0.3) is 5.91 Å². The third kappa shape index (κ3) is 8.71. The maximum atomic E-state index is 12.3. The Morgan fingerprint density at radius 1 is 0.844 bits per heavy atom. The van der Waals surface area contributed by atoms with Crippen molar-refractivity contribution in [2.45, 2.75) is 46.0 Å². The lowest BCUT2D eigenvalue weighted by Gasteiger charge is -2.08. The first-order chi connectivity index (χ1) is 15.4. The van der Waals surface area contributed by atoms with Crippen LogP contribution in [0.5, 0.6) is 5.75 Å². The number of carbonyl (C=O) groups excluding carboxylic acids is 4. The molecule has 2 aromatic rings. The summed E-state index contributed by atoms with van der Waals surface area (Å²) < 4.78 is 10.5. The fourth-order valence-electron chi connectivity index (χ4n) is 2.84. The SMILES string of the molecule is CCCCCOc1ccc(C(=O)CCC(=O)OCC(=O)Nc2ccc(C(C)=O)cc2)cc1. The number of unbranched alkanes of at least 4 members (excludes halogenated alkanes) is 2. The van der Waals surface area contributed by atoms with E-state index < -0.39 is 18.5 Å². The lowest BCUT2D eigenvalue weighted by Crippen LogP contribution is -2.21. The van der Waals surface area contributed by atoms with E-state index in [0.29, 0.717) is 29.2 Å². The predicted octanol–water partition coefficient (Wildman–Crippen LogP) is 4.60. The normalized spacial score (nSPS) is 10.3. The molecule has 0 bridgehead atoms. The van der Waals surface area contributed by atoms with Crippen LogP contribution in [0.4, 0.5) is 5.69 Å². The van der Waals surface area contributed by atoms with E-state index in [0.717, 1.165) is 19.3 Å². The first-order valence-corrected chi connectivity index (χ1v) is 10.7. The molecule has 170 valence electrons. The number of anilines is 1. The summed E-state index contributed by atoms with van der Waals surface area (Å²) in [4.78, 5) is 47.3. The molecule has 0 heterocycles. The highest BCUT2D eigenvalue weighted by molar-refractivity contribution is 5.98. The molecular weight excluding hydrogens is 410 g/mol. The Balaban J connectivity index is 1.69. The van der Waals surface area contributed by atoms with Crippen molar-refractivity contribution in [3.63, 3.8) is 0 Å². The molecular formula is C25H29NO6. The highest BCUT2D eigenvalue weighted by Gasteiger charge is 2.12. The number of Topliss-reactive ketones (excluding diaryl/α,β-unsaturated/α-hetero) is 2. The second-order valence-corrected chi connectivity index (χ2v) is 7.35. The third-order valence-corrected chi connectivity index (χ3v) is 4.69. The Hall–Kier alpha value is -3.48. The van der Waals surface area contributed by atoms with Gasteiger partial charge in [0.2, 0.25) is 0 Å². The molecule has 1 amide bonds. The van der Waals surface area contributed by atoms with Crippen LogP contribution in [0.3, 0.4) is 0 Å². The second kappa shape index (κ2) is 13.0. The van der Waals surface area contributed by atoms with Gasteiger partial charge in [-0.3, -0.25) is 19.2 Å². The summed E-state index contributed by atoms with van der Waals surface area (Å²) in [5.74, 6) is -0.683. The Morgan fingerprint density at radius 3 is 2.12 bits per heavy atom. The van der Waals surface area contributed by atoms with E-state index in [9.17, 15) is 19.2 Å². The predicted molar refractivity (Wildman–Crippen MR) is 121 cm³/mol. The van der Waals surface area contributed by atoms with E-state index in [1.807, 2.05) is 0 Å². The molecule has 0 aliphatic heterocycles. The zero-order valence-corrected chi connectivity index (χ0v) is 18.5. The standard InChI is InChI=1S/C25H29NO6/c1-3-4-5-16-31-22-12-8-20(9-13-22)23(28)14-15-25(30)32-17-24(29)26-21-10-6-19(7-11-21)18(2)27/h6-13H,3-5,14-17H2,1-2H3,(H,26,29). The zero-order valence-electron chi connectivity index (χ0n) is 18.5. The molecule has 0 fully saturated rings. The molecule has 0 radical (unpaired) electrons. The van der Waals surface area contributed by atoms with Gasteiger partial charge in [0.05, 0.1) is 13.0 Å². The van der Waals surface area contributed by atoms with Gasteiger partial charge in [0, 0.05) is 23.2 Å². The summed E-state index contributed by atoms with van der Waals surface area (Å²) in [6.45, 7) is 3.77. The summed E-state index contributed by atoms with van der Waals surface area (Å²) in [5.41, 5.74) is 1.52. The molecule has 0 saturated carbocycles. The molecule has 0 aliphatic rings. The molecule has 32 heavy (non-hydrogen) atoms. The van der Waals surface area contributed by atoms with Gasteiger partial charge in [0.15, 0.2) is 18.2 Å². The second-order valence-electron chi connectivity index (χ2n) is 7.35. The van der Waals surface area contributed by atoms with Crippen molar-refractivity contribution in [2.75, 3.05) is 18.5 Å². The maximum absolute atomic E-state index is 12.3. The van der Waals surface area contributed by atoms with Crippen molar-refractivity contribution in [1.29, 1.82) is 0 Å². The summed E-state index contributed by atoms with van der Waals surface area (Å²) in [6, 6.07) is 13.2. The van der Waals surface area contributed by atoms with Crippen LogP contribution in [0, 0.1) is 0 Å². The molecule has 0 atom stereocenters. The van der Waals surface area contributed by atoms with Gasteiger partial charge in [-0.25, -0.2) is 0 Å². The van der Waals surface area contributed by atoms with E-state index >= 15 is 0 Å². The fourth-order valence-corrected chi connectivity index (χ4v) is 2.84. The third-order valence-electron chi connectivity index (χ3n) is 4.69. The van der Waals surface area contributed by atoms with Crippen molar-refractivity contribution in [2.24, 2.45) is 0 Å².